The zero-order valence-electron chi connectivity index (χ0n) is 12.3. The summed E-state index contributed by atoms with van der Waals surface area (Å²) in [4.78, 5) is 14.1. The summed E-state index contributed by atoms with van der Waals surface area (Å²) in [5, 5.41) is 6.65. The van der Waals surface area contributed by atoms with Gasteiger partial charge < -0.3 is 4.74 Å². The Bertz CT molecular complexity index is 815. The summed E-state index contributed by atoms with van der Waals surface area (Å²) in [6.45, 7) is 0. The van der Waals surface area contributed by atoms with Gasteiger partial charge in [0, 0.05) is 18.2 Å². The number of amides is 1. The van der Waals surface area contributed by atoms with E-state index in [1.54, 1.807) is 17.3 Å². The fraction of sp³-hybridized carbons (Fsp3) is 0.111. The Labute approximate surface area is 133 Å². The van der Waals surface area contributed by atoms with Gasteiger partial charge in [0.05, 0.1) is 17.6 Å². The second-order valence-electron chi connectivity index (χ2n) is 5.41. The number of carbonyl (C=O) groups excluding carboxylic acids is 1. The lowest BCUT2D eigenvalue weighted by Crippen LogP contribution is -2.34. The number of carbonyl (C=O) groups is 1. The van der Waals surface area contributed by atoms with Gasteiger partial charge in [-0.1, -0.05) is 48.5 Å². The third-order valence-corrected chi connectivity index (χ3v) is 3.96. The van der Waals surface area contributed by atoms with Gasteiger partial charge in [0.2, 0.25) is 0 Å². The molecule has 5 nitrogen and oxygen atoms in total. The molecule has 1 aliphatic rings. The highest BCUT2D eigenvalue weighted by Gasteiger charge is 2.33. The van der Waals surface area contributed by atoms with Crippen LogP contribution in [0.3, 0.4) is 0 Å². The van der Waals surface area contributed by atoms with Gasteiger partial charge in [0.15, 0.2) is 0 Å². The van der Waals surface area contributed by atoms with E-state index >= 15 is 0 Å². The first-order valence-electron chi connectivity index (χ1n) is 7.45. The van der Waals surface area contributed by atoms with Gasteiger partial charge in [-0.05, 0) is 11.6 Å². The molecule has 0 saturated heterocycles. The van der Waals surface area contributed by atoms with Gasteiger partial charge in [0.25, 0.3) is 0 Å². The van der Waals surface area contributed by atoms with E-state index in [0.717, 1.165) is 16.8 Å². The molecule has 1 atom stereocenters. The Kier molecular flexibility index (Phi) is 3.31. The summed E-state index contributed by atoms with van der Waals surface area (Å²) < 4.78 is 5.70. The molecule has 4 rings (SSSR count). The maximum absolute atomic E-state index is 12.5. The van der Waals surface area contributed by atoms with Crippen LogP contribution in [0.25, 0.3) is 0 Å². The molecule has 1 aromatic heterocycles. The van der Waals surface area contributed by atoms with E-state index in [1.165, 1.54) is 0 Å². The zero-order valence-corrected chi connectivity index (χ0v) is 12.3. The lowest BCUT2D eigenvalue weighted by molar-refractivity contribution is 0.101. The second kappa shape index (κ2) is 5.61. The SMILES string of the molecule is O=C1OC(Cc2ccccc2)c2ccccc2N1c1cn[nH]c1. The molecule has 0 radical (unpaired) electrons. The summed E-state index contributed by atoms with van der Waals surface area (Å²) in [7, 11) is 0. The maximum atomic E-state index is 12.5. The van der Waals surface area contributed by atoms with Crippen LogP contribution in [0.2, 0.25) is 0 Å². The predicted molar refractivity (Wildman–Crippen MR) is 86.5 cm³/mol. The average molecular weight is 305 g/mol. The molecule has 2 heterocycles. The van der Waals surface area contributed by atoms with E-state index in [-0.39, 0.29) is 12.2 Å². The Balaban J connectivity index is 1.73. The van der Waals surface area contributed by atoms with Crippen molar-refractivity contribution in [3.05, 3.63) is 78.1 Å². The number of nitrogens with one attached hydrogen (secondary N) is 1. The number of cyclic esters (lactones) is 1. The molecule has 23 heavy (non-hydrogen) atoms. The van der Waals surface area contributed by atoms with Gasteiger partial charge in [-0.25, -0.2) is 9.69 Å². The first kappa shape index (κ1) is 13.6. The highest BCUT2D eigenvalue weighted by molar-refractivity contribution is 5.98. The summed E-state index contributed by atoms with van der Waals surface area (Å²) in [5.41, 5.74) is 3.64. The van der Waals surface area contributed by atoms with Gasteiger partial charge >= 0.3 is 6.09 Å². The summed E-state index contributed by atoms with van der Waals surface area (Å²) >= 11 is 0. The Morgan fingerprint density at radius 3 is 2.65 bits per heavy atom. The van der Waals surface area contributed by atoms with E-state index in [9.17, 15) is 4.79 Å². The molecular weight excluding hydrogens is 290 g/mol. The van der Waals surface area contributed by atoms with Crippen molar-refractivity contribution < 1.29 is 9.53 Å². The van der Waals surface area contributed by atoms with Crippen molar-refractivity contribution in [3.8, 4) is 0 Å². The number of para-hydroxylation sites is 1. The lowest BCUT2D eigenvalue weighted by Gasteiger charge is -2.33. The number of anilines is 2. The molecular formula is C18H15N3O2. The number of hydrogen-bond acceptors (Lipinski definition) is 3. The quantitative estimate of drug-likeness (QED) is 0.796. The molecule has 0 saturated carbocycles. The van der Waals surface area contributed by atoms with Crippen LogP contribution < -0.4 is 4.90 Å². The van der Waals surface area contributed by atoms with Gasteiger partial charge in [-0.15, -0.1) is 0 Å². The molecule has 1 amide bonds. The van der Waals surface area contributed by atoms with Crippen molar-refractivity contribution in [2.75, 3.05) is 4.90 Å². The van der Waals surface area contributed by atoms with Crippen molar-refractivity contribution in [1.82, 2.24) is 10.2 Å². The number of ether oxygens (including phenoxy) is 1. The molecule has 1 N–H and O–H groups in total. The van der Waals surface area contributed by atoms with E-state index in [4.69, 9.17) is 4.74 Å². The minimum absolute atomic E-state index is 0.288. The van der Waals surface area contributed by atoms with Crippen LogP contribution in [0.5, 0.6) is 0 Å². The fourth-order valence-electron chi connectivity index (χ4n) is 2.89. The molecule has 0 aliphatic carbocycles. The standard InChI is InChI=1S/C18H15N3O2/c22-18-21(14-11-19-20-12-14)16-9-5-4-8-15(16)17(23-18)10-13-6-2-1-3-7-13/h1-9,11-12,17H,10H2,(H,19,20). The van der Waals surface area contributed by atoms with Crippen LogP contribution in [0.4, 0.5) is 16.2 Å². The van der Waals surface area contributed by atoms with E-state index in [0.29, 0.717) is 12.1 Å². The molecule has 114 valence electrons. The number of aromatic nitrogens is 2. The van der Waals surface area contributed by atoms with Gasteiger partial charge in [-0.3, -0.25) is 5.10 Å². The van der Waals surface area contributed by atoms with Crippen molar-refractivity contribution in [1.29, 1.82) is 0 Å². The summed E-state index contributed by atoms with van der Waals surface area (Å²) in [6.07, 6.45) is 3.27. The van der Waals surface area contributed by atoms with Crippen LogP contribution in [-0.4, -0.2) is 16.3 Å². The van der Waals surface area contributed by atoms with Crippen molar-refractivity contribution in [2.24, 2.45) is 0 Å². The fourth-order valence-corrected chi connectivity index (χ4v) is 2.89. The van der Waals surface area contributed by atoms with Crippen LogP contribution in [0.1, 0.15) is 17.2 Å². The smallest absolute Gasteiger partial charge is 0.419 e. The number of rotatable bonds is 3. The monoisotopic (exact) mass is 305 g/mol. The molecule has 0 fully saturated rings. The first-order valence-corrected chi connectivity index (χ1v) is 7.45. The number of fused-ring (bicyclic) bond motifs is 1. The van der Waals surface area contributed by atoms with Crippen molar-refractivity contribution in [2.45, 2.75) is 12.5 Å². The third-order valence-electron chi connectivity index (χ3n) is 3.96. The molecule has 5 heteroatoms. The van der Waals surface area contributed by atoms with E-state index in [2.05, 4.69) is 10.2 Å². The number of H-pyrrole nitrogens is 1. The molecule has 1 aliphatic heterocycles. The average Bonchev–Trinajstić information content (AvgIpc) is 3.10. The lowest BCUT2D eigenvalue weighted by atomic mass is 9.98. The molecule has 1 unspecified atom stereocenters. The largest absolute Gasteiger partial charge is 0.440 e. The van der Waals surface area contributed by atoms with E-state index < -0.39 is 0 Å². The highest BCUT2D eigenvalue weighted by atomic mass is 16.6. The Morgan fingerprint density at radius 1 is 1.09 bits per heavy atom. The van der Waals surface area contributed by atoms with Crippen LogP contribution >= 0.6 is 0 Å². The van der Waals surface area contributed by atoms with Gasteiger partial charge in [0.1, 0.15) is 6.10 Å². The summed E-state index contributed by atoms with van der Waals surface area (Å²) in [5.74, 6) is 0. The van der Waals surface area contributed by atoms with Crippen LogP contribution in [0, 0.1) is 0 Å². The minimum Gasteiger partial charge on any atom is -0.440 e. The zero-order chi connectivity index (χ0) is 15.6. The van der Waals surface area contributed by atoms with Crippen LogP contribution in [-0.2, 0) is 11.2 Å². The molecule has 0 bridgehead atoms. The topological polar surface area (TPSA) is 58.2 Å². The molecule has 2 aromatic carbocycles. The number of nitrogens with zero attached hydrogens (tertiary/aromatic N) is 2. The molecule has 3 aromatic rings. The normalized spacial score (nSPS) is 16.8. The predicted octanol–water partition coefficient (Wildman–Crippen LogP) is 3.98. The number of benzene rings is 2. The minimum atomic E-state index is -0.383. The van der Waals surface area contributed by atoms with Crippen molar-refractivity contribution >= 4 is 17.5 Å². The Hall–Kier alpha value is -3.08. The van der Waals surface area contributed by atoms with Crippen molar-refractivity contribution in [3.63, 3.8) is 0 Å². The second-order valence-corrected chi connectivity index (χ2v) is 5.41. The van der Waals surface area contributed by atoms with E-state index in [1.807, 2.05) is 54.6 Å². The first-order chi connectivity index (χ1) is 11.3. The number of aromatic amines is 1. The highest BCUT2D eigenvalue weighted by Crippen LogP contribution is 2.39. The Morgan fingerprint density at radius 2 is 1.87 bits per heavy atom. The van der Waals surface area contributed by atoms with Gasteiger partial charge in [-0.2, -0.15) is 5.10 Å². The van der Waals surface area contributed by atoms with Crippen LogP contribution in [0.15, 0.2) is 67.0 Å². The summed E-state index contributed by atoms with van der Waals surface area (Å²) in [6, 6.07) is 17.9. The molecule has 0 spiro atoms. The maximum Gasteiger partial charge on any atom is 0.419 e. The number of hydrogen-bond donors (Lipinski definition) is 1. The third kappa shape index (κ3) is 2.46.